The lowest BCUT2D eigenvalue weighted by atomic mass is 10.1. The van der Waals surface area contributed by atoms with E-state index >= 15 is 0 Å². The molecule has 1 N–H and O–H groups in total. The van der Waals surface area contributed by atoms with E-state index in [0.29, 0.717) is 0 Å². The Hall–Kier alpha value is -1.55. The van der Waals surface area contributed by atoms with Crippen LogP contribution in [0.3, 0.4) is 0 Å². The number of aryl methyl sites for hydroxylation is 2. The van der Waals surface area contributed by atoms with Crippen LogP contribution in [0.1, 0.15) is 49.7 Å². The Kier molecular flexibility index (Phi) is 4.80. The van der Waals surface area contributed by atoms with E-state index < -0.39 is 0 Å². The largest absolute Gasteiger partial charge is 0.467 e. The van der Waals surface area contributed by atoms with Gasteiger partial charge < -0.3 is 9.73 Å². The zero-order valence-corrected chi connectivity index (χ0v) is 12.0. The van der Waals surface area contributed by atoms with Crippen molar-refractivity contribution in [2.24, 2.45) is 0 Å². The Morgan fingerprint density at radius 3 is 2.79 bits per heavy atom. The maximum atomic E-state index is 5.68. The number of nitrogens with one attached hydrogen (secondary N) is 1. The molecule has 0 saturated carbocycles. The molecule has 0 amide bonds. The first-order valence-electron chi connectivity index (χ1n) is 7.07. The molecular formula is C15H23N3O. The van der Waals surface area contributed by atoms with Crippen LogP contribution in [0.15, 0.2) is 29.0 Å². The van der Waals surface area contributed by atoms with Gasteiger partial charge >= 0.3 is 0 Å². The van der Waals surface area contributed by atoms with Crippen molar-refractivity contribution in [1.82, 2.24) is 15.1 Å². The maximum absolute atomic E-state index is 5.68. The predicted molar refractivity (Wildman–Crippen MR) is 76.1 cm³/mol. The standard InChI is InChI=1S/C15H23N3O/c1-4-8-16-14(15-12(3)7-11-19-15)13-6-9-17-18(13)10-5-2/h6-7,9,11,14,16H,4-5,8,10H2,1-3H3. The third kappa shape index (κ3) is 3.07. The first-order valence-corrected chi connectivity index (χ1v) is 7.07. The van der Waals surface area contributed by atoms with E-state index in [0.717, 1.165) is 31.7 Å². The average Bonchev–Trinajstić information content (AvgIpc) is 3.01. The van der Waals surface area contributed by atoms with Crippen molar-refractivity contribution in [3.63, 3.8) is 0 Å². The fourth-order valence-corrected chi connectivity index (χ4v) is 2.29. The summed E-state index contributed by atoms with van der Waals surface area (Å²) in [7, 11) is 0. The number of aromatic nitrogens is 2. The smallest absolute Gasteiger partial charge is 0.129 e. The zero-order chi connectivity index (χ0) is 13.7. The van der Waals surface area contributed by atoms with E-state index in [2.05, 4.69) is 41.9 Å². The van der Waals surface area contributed by atoms with Gasteiger partial charge in [-0.1, -0.05) is 13.8 Å². The third-order valence-electron chi connectivity index (χ3n) is 3.24. The molecule has 2 aromatic rings. The lowest BCUT2D eigenvalue weighted by Crippen LogP contribution is -2.26. The topological polar surface area (TPSA) is 43.0 Å². The molecule has 2 aromatic heterocycles. The molecule has 1 atom stereocenters. The summed E-state index contributed by atoms with van der Waals surface area (Å²) in [5, 5.41) is 7.97. The van der Waals surface area contributed by atoms with Crippen molar-refractivity contribution in [3.8, 4) is 0 Å². The second-order valence-corrected chi connectivity index (χ2v) is 4.83. The Balaban J connectivity index is 2.31. The van der Waals surface area contributed by atoms with Crippen LogP contribution in [-0.4, -0.2) is 16.3 Å². The highest BCUT2D eigenvalue weighted by Crippen LogP contribution is 2.25. The van der Waals surface area contributed by atoms with Crippen molar-refractivity contribution in [3.05, 3.63) is 41.6 Å². The average molecular weight is 261 g/mol. The molecule has 1 unspecified atom stereocenters. The van der Waals surface area contributed by atoms with Crippen LogP contribution in [-0.2, 0) is 6.54 Å². The summed E-state index contributed by atoms with van der Waals surface area (Å²) in [6, 6.07) is 4.17. The molecular weight excluding hydrogens is 238 g/mol. The second-order valence-electron chi connectivity index (χ2n) is 4.83. The highest BCUT2D eigenvalue weighted by atomic mass is 16.3. The summed E-state index contributed by atoms with van der Waals surface area (Å²) < 4.78 is 7.74. The van der Waals surface area contributed by atoms with Crippen molar-refractivity contribution in [1.29, 1.82) is 0 Å². The first kappa shape index (κ1) is 13.9. The number of rotatable bonds is 7. The number of nitrogens with zero attached hydrogens (tertiary/aromatic N) is 2. The molecule has 0 aliphatic heterocycles. The normalized spacial score (nSPS) is 12.8. The SMILES string of the molecule is CCCNC(c1occc1C)c1ccnn1CCC. The van der Waals surface area contributed by atoms with Crippen molar-refractivity contribution >= 4 is 0 Å². The van der Waals surface area contributed by atoms with Crippen LogP contribution in [0.25, 0.3) is 0 Å². The van der Waals surface area contributed by atoms with Gasteiger partial charge in [-0.3, -0.25) is 4.68 Å². The molecule has 19 heavy (non-hydrogen) atoms. The minimum atomic E-state index is 0.0870. The molecule has 0 aliphatic rings. The van der Waals surface area contributed by atoms with Crippen LogP contribution in [0, 0.1) is 6.92 Å². The summed E-state index contributed by atoms with van der Waals surface area (Å²) in [4.78, 5) is 0. The maximum Gasteiger partial charge on any atom is 0.129 e. The second kappa shape index (κ2) is 6.57. The number of furan rings is 1. The van der Waals surface area contributed by atoms with Gasteiger partial charge in [-0.05, 0) is 44.0 Å². The predicted octanol–water partition coefficient (Wildman–Crippen LogP) is 3.28. The molecule has 0 aromatic carbocycles. The van der Waals surface area contributed by atoms with Gasteiger partial charge in [-0.15, -0.1) is 0 Å². The van der Waals surface area contributed by atoms with E-state index in [1.54, 1.807) is 6.26 Å². The van der Waals surface area contributed by atoms with E-state index in [-0.39, 0.29) is 6.04 Å². The number of hydrogen-bond acceptors (Lipinski definition) is 3. The van der Waals surface area contributed by atoms with E-state index in [1.807, 2.05) is 12.3 Å². The molecule has 2 rings (SSSR count). The van der Waals surface area contributed by atoms with Gasteiger partial charge in [0.15, 0.2) is 0 Å². The van der Waals surface area contributed by atoms with E-state index in [9.17, 15) is 0 Å². The Bertz CT molecular complexity index is 501. The van der Waals surface area contributed by atoms with Gasteiger partial charge in [0.05, 0.1) is 12.0 Å². The molecule has 0 spiro atoms. The minimum Gasteiger partial charge on any atom is -0.467 e. The fraction of sp³-hybridized carbons (Fsp3) is 0.533. The van der Waals surface area contributed by atoms with Gasteiger partial charge in [0, 0.05) is 12.7 Å². The molecule has 4 nitrogen and oxygen atoms in total. The van der Waals surface area contributed by atoms with Gasteiger partial charge in [-0.2, -0.15) is 5.10 Å². The van der Waals surface area contributed by atoms with Crippen molar-refractivity contribution in [2.75, 3.05) is 6.54 Å². The summed E-state index contributed by atoms with van der Waals surface area (Å²) in [6.45, 7) is 8.31. The number of hydrogen-bond donors (Lipinski definition) is 1. The van der Waals surface area contributed by atoms with Crippen LogP contribution in [0.2, 0.25) is 0 Å². The third-order valence-corrected chi connectivity index (χ3v) is 3.24. The molecule has 0 radical (unpaired) electrons. The molecule has 0 saturated heterocycles. The van der Waals surface area contributed by atoms with Gasteiger partial charge in [-0.25, -0.2) is 0 Å². The fourth-order valence-electron chi connectivity index (χ4n) is 2.29. The lowest BCUT2D eigenvalue weighted by molar-refractivity contribution is 0.421. The summed E-state index contributed by atoms with van der Waals surface area (Å²) in [5.74, 6) is 0.992. The van der Waals surface area contributed by atoms with Crippen LogP contribution in [0.4, 0.5) is 0 Å². The van der Waals surface area contributed by atoms with E-state index in [1.165, 1.54) is 11.3 Å². The minimum absolute atomic E-state index is 0.0870. The Morgan fingerprint density at radius 2 is 2.16 bits per heavy atom. The van der Waals surface area contributed by atoms with Crippen LogP contribution >= 0.6 is 0 Å². The summed E-state index contributed by atoms with van der Waals surface area (Å²) in [5.41, 5.74) is 2.35. The van der Waals surface area contributed by atoms with Crippen LogP contribution in [0.5, 0.6) is 0 Å². The van der Waals surface area contributed by atoms with Gasteiger partial charge in [0.25, 0.3) is 0 Å². The molecule has 0 aliphatic carbocycles. The highest BCUT2D eigenvalue weighted by Gasteiger charge is 2.21. The molecule has 2 heterocycles. The van der Waals surface area contributed by atoms with Crippen molar-refractivity contribution < 1.29 is 4.42 Å². The molecule has 104 valence electrons. The van der Waals surface area contributed by atoms with Crippen molar-refractivity contribution in [2.45, 2.75) is 46.2 Å². The lowest BCUT2D eigenvalue weighted by Gasteiger charge is -2.19. The highest BCUT2D eigenvalue weighted by molar-refractivity contribution is 5.26. The molecule has 4 heteroatoms. The van der Waals surface area contributed by atoms with Crippen LogP contribution < -0.4 is 5.32 Å². The Morgan fingerprint density at radius 1 is 1.32 bits per heavy atom. The molecule has 0 fully saturated rings. The zero-order valence-electron chi connectivity index (χ0n) is 12.0. The van der Waals surface area contributed by atoms with Gasteiger partial charge in [0.2, 0.25) is 0 Å². The van der Waals surface area contributed by atoms with Gasteiger partial charge in [0.1, 0.15) is 11.8 Å². The summed E-state index contributed by atoms with van der Waals surface area (Å²) in [6.07, 6.45) is 5.79. The first-order chi connectivity index (χ1) is 9.27. The Labute approximate surface area is 114 Å². The quantitative estimate of drug-likeness (QED) is 0.831. The monoisotopic (exact) mass is 261 g/mol. The molecule has 0 bridgehead atoms. The van der Waals surface area contributed by atoms with E-state index in [4.69, 9.17) is 4.42 Å². The summed E-state index contributed by atoms with van der Waals surface area (Å²) >= 11 is 0.